The molecule has 0 saturated heterocycles. The van der Waals surface area contributed by atoms with E-state index in [1.165, 1.54) is 0 Å². The predicted molar refractivity (Wildman–Crippen MR) is 83.5 cm³/mol. The van der Waals surface area contributed by atoms with Gasteiger partial charge in [-0.15, -0.1) is 0 Å². The van der Waals surface area contributed by atoms with Crippen molar-refractivity contribution in [3.63, 3.8) is 0 Å². The lowest BCUT2D eigenvalue weighted by atomic mass is 10.1. The normalized spacial score (nSPS) is 10.5. The molecule has 0 radical (unpaired) electrons. The lowest BCUT2D eigenvalue weighted by molar-refractivity contribution is 0.307. The highest BCUT2D eigenvalue weighted by atomic mass is 16.5. The van der Waals surface area contributed by atoms with Crippen molar-refractivity contribution < 1.29 is 9.47 Å². The van der Waals surface area contributed by atoms with E-state index < -0.39 is 0 Å². The monoisotopic (exact) mass is 280 g/mol. The summed E-state index contributed by atoms with van der Waals surface area (Å²) in [6, 6.07) is 15.4. The lowest BCUT2D eigenvalue weighted by Crippen LogP contribution is -1.99. The number of ether oxygens (including phenoxy) is 2. The SMILES string of the molecule is COc1ccc(OCc2ccc3ncccc3c2)c(N)c1. The van der Waals surface area contributed by atoms with Crippen LogP contribution in [0.4, 0.5) is 5.69 Å². The zero-order valence-corrected chi connectivity index (χ0v) is 11.7. The molecule has 0 aliphatic rings. The maximum atomic E-state index is 5.94. The summed E-state index contributed by atoms with van der Waals surface area (Å²) >= 11 is 0. The molecular formula is C17H16N2O2. The third kappa shape index (κ3) is 2.89. The molecule has 4 heteroatoms. The molecule has 2 aromatic carbocycles. The second-order valence-electron chi connectivity index (χ2n) is 4.72. The number of fused-ring (bicyclic) bond motifs is 1. The van der Waals surface area contributed by atoms with Gasteiger partial charge in [-0.05, 0) is 35.9 Å². The first-order chi connectivity index (χ1) is 10.3. The van der Waals surface area contributed by atoms with Gasteiger partial charge in [-0.3, -0.25) is 4.98 Å². The number of hydrogen-bond donors (Lipinski definition) is 1. The highest BCUT2D eigenvalue weighted by Crippen LogP contribution is 2.27. The maximum absolute atomic E-state index is 5.94. The molecular weight excluding hydrogens is 264 g/mol. The third-order valence-corrected chi connectivity index (χ3v) is 3.28. The first-order valence-corrected chi connectivity index (χ1v) is 6.66. The fraction of sp³-hybridized carbons (Fsp3) is 0.118. The van der Waals surface area contributed by atoms with Crippen LogP contribution in [0.25, 0.3) is 10.9 Å². The molecule has 0 saturated carbocycles. The summed E-state index contributed by atoms with van der Waals surface area (Å²) in [5.41, 5.74) is 8.55. The Morgan fingerprint density at radius 3 is 2.81 bits per heavy atom. The van der Waals surface area contributed by atoms with Gasteiger partial charge < -0.3 is 15.2 Å². The van der Waals surface area contributed by atoms with Crippen molar-refractivity contribution in [1.82, 2.24) is 4.98 Å². The van der Waals surface area contributed by atoms with E-state index in [4.69, 9.17) is 15.2 Å². The number of pyridine rings is 1. The molecule has 0 spiro atoms. The molecule has 0 amide bonds. The standard InChI is InChI=1S/C17H16N2O2/c1-20-14-5-7-17(15(18)10-14)21-11-12-4-6-16-13(9-12)3-2-8-19-16/h2-10H,11,18H2,1H3. The van der Waals surface area contributed by atoms with Crippen LogP contribution in [-0.4, -0.2) is 12.1 Å². The van der Waals surface area contributed by atoms with Gasteiger partial charge in [0.2, 0.25) is 0 Å². The average Bonchev–Trinajstić information content (AvgIpc) is 2.53. The van der Waals surface area contributed by atoms with E-state index in [0.717, 1.165) is 22.2 Å². The van der Waals surface area contributed by atoms with Crippen molar-refractivity contribution in [1.29, 1.82) is 0 Å². The van der Waals surface area contributed by atoms with Crippen LogP contribution < -0.4 is 15.2 Å². The van der Waals surface area contributed by atoms with Crippen molar-refractivity contribution >= 4 is 16.6 Å². The fourth-order valence-corrected chi connectivity index (χ4v) is 2.16. The molecule has 21 heavy (non-hydrogen) atoms. The maximum Gasteiger partial charge on any atom is 0.142 e. The van der Waals surface area contributed by atoms with Gasteiger partial charge in [-0.1, -0.05) is 12.1 Å². The van der Waals surface area contributed by atoms with Crippen molar-refractivity contribution in [2.75, 3.05) is 12.8 Å². The van der Waals surface area contributed by atoms with Crippen LogP contribution in [0.3, 0.4) is 0 Å². The zero-order valence-electron chi connectivity index (χ0n) is 11.7. The molecule has 0 aliphatic heterocycles. The van der Waals surface area contributed by atoms with Crippen LogP contribution in [0.2, 0.25) is 0 Å². The second kappa shape index (κ2) is 5.71. The molecule has 106 valence electrons. The Labute approximate surface area is 123 Å². The molecule has 0 aliphatic carbocycles. The quantitative estimate of drug-likeness (QED) is 0.744. The van der Waals surface area contributed by atoms with Crippen LogP contribution in [0, 0.1) is 0 Å². The molecule has 3 aromatic rings. The number of anilines is 1. The molecule has 1 heterocycles. The summed E-state index contributed by atoms with van der Waals surface area (Å²) in [5, 5.41) is 1.10. The Hall–Kier alpha value is -2.75. The van der Waals surface area contributed by atoms with Crippen LogP contribution in [-0.2, 0) is 6.61 Å². The van der Waals surface area contributed by atoms with Gasteiger partial charge in [0.25, 0.3) is 0 Å². The Morgan fingerprint density at radius 1 is 1.10 bits per heavy atom. The number of nitrogen functional groups attached to an aromatic ring is 1. The topological polar surface area (TPSA) is 57.4 Å². The zero-order chi connectivity index (χ0) is 14.7. The number of rotatable bonds is 4. The van der Waals surface area contributed by atoms with E-state index in [-0.39, 0.29) is 0 Å². The van der Waals surface area contributed by atoms with E-state index in [2.05, 4.69) is 11.1 Å². The van der Waals surface area contributed by atoms with E-state index in [1.54, 1.807) is 19.4 Å². The smallest absolute Gasteiger partial charge is 0.142 e. The molecule has 0 fully saturated rings. The highest BCUT2D eigenvalue weighted by molar-refractivity contribution is 5.78. The van der Waals surface area contributed by atoms with E-state index >= 15 is 0 Å². The van der Waals surface area contributed by atoms with Crippen molar-refractivity contribution in [3.05, 3.63) is 60.3 Å². The van der Waals surface area contributed by atoms with Crippen LogP contribution in [0.5, 0.6) is 11.5 Å². The molecule has 2 N–H and O–H groups in total. The van der Waals surface area contributed by atoms with Crippen LogP contribution >= 0.6 is 0 Å². The highest BCUT2D eigenvalue weighted by Gasteiger charge is 2.03. The molecule has 0 unspecified atom stereocenters. The predicted octanol–water partition coefficient (Wildman–Crippen LogP) is 3.40. The number of benzene rings is 2. The minimum absolute atomic E-state index is 0.460. The number of methoxy groups -OCH3 is 1. The molecule has 4 nitrogen and oxygen atoms in total. The minimum Gasteiger partial charge on any atom is -0.497 e. The van der Waals surface area contributed by atoms with Crippen molar-refractivity contribution in [2.24, 2.45) is 0 Å². The van der Waals surface area contributed by atoms with Crippen molar-refractivity contribution in [3.8, 4) is 11.5 Å². The van der Waals surface area contributed by atoms with Gasteiger partial charge in [0.15, 0.2) is 0 Å². The summed E-state index contributed by atoms with van der Waals surface area (Å²) < 4.78 is 10.9. The molecule has 3 rings (SSSR count). The molecule has 0 atom stereocenters. The summed E-state index contributed by atoms with van der Waals surface area (Å²) in [5.74, 6) is 1.37. The number of aromatic nitrogens is 1. The van der Waals surface area contributed by atoms with Gasteiger partial charge in [0, 0.05) is 17.6 Å². The van der Waals surface area contributed by atoms with Gasteiger partial charge in [-0.2, -0.15) is 0 Å². The Kier molecular flexibility index (Phi) is 3.60. The number of hydrogen-bond acceptors (Lipinski definition) is 4. The Bertz CT molecular complexity index is 772. The van der Waals surface area contributed by atoms with Crippen LogP contribution in [0.1, 0.15) is 5.56 Å². The number of nitrogens with zero attached hydrogens (tertiary/aromatic N) is 1. The lowest BCUT2D eigenvalue weighted by Gasteiger charge is -2.10. The van der Waals surface area contributed by atoms with Crippen LogP contribution in [0.15, 0.2) is 54.7 Å². The summed E-state index contributed by atoms with van der Waals surface area (Å²) in [4.78, 5) is 4.30. The summed E-state index contributed by atoms with van der Waals surface area (Å²) in [7, 11) is 1.61. The van der Waals surface area contributed by atoms with Gasteiger partial charge in [0.05, 0.1) is 18.3 Å². The third-order valence-electron chi connectivity index (χ3n) is 3.28. The number of nitrogens with two attached hydrogens (primary N) is 1. The molecule has 1 aromatic heterocycles. The van der Waals surface area contributed by atoms with E-state index in [9.17, 15) is 0 Å². The van der Waals surface area contributed by atoms with Gasteiger partial charge in [-0.25, -0.2) is 0 Å². The summed E-state index contributed by atoms with van der Waals surface area (Å²) in [6.07, 6.45) is 1.79. The van der Waals surface area contributed by atoms with Gasteiger partial charge >= 0.3 is 0 Å². The molecule has 0 bridgehead atoms. The van der Waals surface area contributed by atoms with Crippen molar-refractivity contribution in [2.45, 2.75) is 6.61 Å². The van der Waals surface area contributed by atoms with Gasteiger partial charge in [0.1, 0.15) is 18.1 Å². The van der Waals surface area contributed by atoms with E-state index in [1.807, 2.05) is 36.4 Å². The first-order valence-electron chi connectivity index (χ1n) is 6.66. The minimum atomic E-state index is 0.460. The fourth-order valence-electron chi connectivity index (χ4n) is 2.16. The largest absolute Gasteiger partial charge is 0.497 e. The average molecular weight is 280 g/mol. The Morgan fingerprint density at radius 2 is 2.00 bits per heavy atom. The second-order valence-corrected chi connectivity index (χ2v) is 4.72. The summed E-state index contributed by atoms with van der Waals surface area (Å²) in [6.45, 7) is 0.460. The van der Waals surface area contributed by atoms with E-state index in [0.29, 0.717) is 18.0 Å². The first kappa shape index (κ1) is 13.2. The Balaban J connectivity index is 1.77.